The van der Waals surface area contributed by atoms with Crippen LogP contribution < -0.4 is 21.4 Å². The van der Waals surface area contributed by atoms with Gasteiger partial charge in [-0.25, -0.2) is 19.1 Å². The van der Waals surface area contributed by atoms with Crippen LogP contribution in [-0.4, -0.2) is 30.2 Å². The molecule has 5 rings (SSSR count). The number of nitrogens with zero attached hydrogens (tertiary/aromatic N) is 4. The number of carbonyl (C=O) groups is 1. The fourth-order valence-corrected chi connectivity index (χ4v) is 4.51. The zero-order valence-corrected chi connectivity index (χ0v) is 21.1. The van der Waals surface area contributed by atoms with E-state index in [1.54, 1.807) is 30.5 Å². The molecule has 11 heteroatoms. The zero-order chi connectivity index (χ0) is 26.2. The lowest BCUT2D eigenvalue weighted by molar-refractivity contribution is -0.143. The number of rotatable bonds is 9. The second-order valence-electron chi connectivity index (χ2n) is 9.23. The number of benzene rings is 2. The highest BCUT2D eigenvalue weighted by Gasteiger charge is 2.51. The van der Waals surface area contributed by atoms with Crippen LogP contribution in [0.4, 0.5) is 11.6 Å². The Morgan fingerprint density at radius 3 is 2.38 bits per heavy atom. The number of hydrogen-bond acceptors (Lipinski definition) is 8. The van der Waals surface area contributed by atoms with Gasteiger partial charge in [0.15, 0.2) is 0 Å². The Hall–Kier alpha value is -4.25. The van der Waals surface area contributed by atoms with Crippen LogP contribution in [0.15, 0.2) is 64.3 Å². The van der Waals surface area contributed by atoms with Gasteiger partial charge in [0, 0.05) is 23.3 Å². The van der Waals surface area contributed by atoms with Gasteiger partial charge >= 0.3 is 17.3 Å². The SMILES string of the molecule is Cc1ccc(Cn2c(Nc3ccc(Oc4ncc(C)s4)cc3)nc(=O)n(CC3(C(=O)O)CC3)c2=O)cc1. The molecule has 0 amide bonds. The summed E-state index contributed by atoms with van der Waals surface area (Å²) < 4.78 is 8.03. The third kappa shape index (κ3) is 5.31. The molecule has 4 aromatic rings. The minimum absolute atomic E-state index is 0.0659. The first-order valence-corrected chi connectivity index (χ1v) is 12.5. The summed E-state index contributed by atoms with van der Waals surface area (Å²) in [6.07, 6.45) is 2.57. The van der Waals surface area contributed by atoms with E-state index in [-0.39, 0.29) is 19.0 Å². The van der Waals surface area contributed by atoms with E-state index >= 15 is 0 Å². The van der Waals surface area contributed by atoms with Crippen molar-refractivity contribution in [2.45, 2.75) is 39.8 Å². The molecule has 1 fully saturated rings. The van der Waals surface area contributed by atoms with Crippen LogP contribution in [0.25, 0.3) is 0 Å². The van der Waals surface area contributed by atoms with Crippen molar-refractivity contribution in [3.05, 3.63) is 91.7 Å². The maximum atomic E-state index is 13.5. The predicted octanol–water partition coefficient (Wildman–Crippen LogP) is 3.93. The number of aromatic nitrogens is 4. The van der Waals surface area contributed by atoms with Crippen LogP contribution >= 0.6 is 11.3 Å². The van der Waals surface area contributed by atoms with E-state index < -0.39 is 22.8 Å². The molecule has 1 aliphatic rings. The Balaban J connectivity index is 1.47. The Morgan fingerprint density at radius 2 is 1.78 bits per heavy atom. The van der Waals surface area contributed by atoms with Crippen molar-refractivity contribution in [1.82, 2.24) is 19.1 Å². The van der Waals surface area contributed by atoms with E-state index in [2.05, 4.69) is 15.3 Å². The molecule has 2 aromatic heterocycles. The maximum Gasteiger partial charge on any atom is 0.354 e. The van der Waals surface area contributed by atoms with Crippen LogP contribution in [0, 0.1) is 19.3 Å². The molecule has 1 saturated carbocycles. The molecule has 1 aliphatic carbocycles. The molecular formula is C26H25N5O5S. The van der Waals surface area contributed by atoms with Crippen molar-refractivity contribution >= 4 is 28.9 Å². The summed E-state index contributed by atoms with van der Waals surface area (Å²) >= 11 is 1.44. The Kier molecular flexibility index (Phi) is 6.38. The fourth-order valence-electron chi connectivity index (χ4n) is 3.89. The lowest BCUT2D eigenvalue weighted by atomic mass is 10.1. The van der Waals surface area contributed by atoms with Gasteiger partial charge in [-0.1, -0.05) is 41.2 Å². The topological polar surface area (TPSA) is 128 Å². The average molecular weight is 520 g/mol. The second kappa shape index (κ2) is 9.66. The van der Waals surface area contributed by atoms with E-state index in [1.165, 1.54) is 15.9 Å². The zero-order valence-electron chi connectivity index (χ0n) is 20.3. The number of hydrogen-bond donors (Lipinski definition) is 2. The van der Waals surface area contributed by atoms with Gasteiger partial charge in [0.25, 0.3) is 5.19 Å². The van der Waals surface area contributed by atoms with Gasteiger partial charge in [0.05, 0.1) is 12.0 Å². The minimum Gasteiger partial charge on any atom is -0.481 e. The van der Waals surface area contributed by atoms with E-state index in [1.807, 2.05) is 38.1 Å². The summed E-state index contributed by atoms with van der Waals surface area (Å²) in [5.41, 5.74) is 0.00430. The molecule has 0 radical (unpaired) electrons. The number of anilines is 2. The molecule has 190 valence electrons. The van der Waals surface area contributed by atoms with E-state index in [0.29, 0.717) is 29.5 Å². The number of carboxylic acids is 1. The van der Waals surface area contributed by atoms with Gasteiger partial charge in [-0.3, -0.25) is 9.36 Å². The van der Waals surface area contributed by atoms with Gasteiger partial charge in [0.1, 0.15) is 5.75 Å². The molecule has 10 nitrogen and oxygen atoms in total. The maximum absolute atomic E-state index is 13.5. The third-order valence-corrected chi connectivity index (χ3v) is 7.09. The number of aryl methyl sites for hydroxylation is 2. The highest BCUT2D eigenvalue weighted by Crippen LogP contribution is 2.46. The van der Waals surface area contributed by atoms with Crippen molar-refractivity contribution in [3.63, 3.8) is 0 Å². The first kappa shape index (κ1) is 24.4. The Labute approximate surface area is 215 Å². The summed E-state index contributed by atoms with van der Waals surface area (Å²) in [4.78, 5) is 47.4. The van der Waals surface area contributed by atoms with Crippen molar-refractivity contribution in [2.75, 3.05) is 5.32 Å². The molecule has 0 atom stereocenters. The Morgan fingerprint density at radius 1 is 1.08 bits per heavy atom. The molecule has 0 saturated heterocycles. The van der Waals surface area contributed by atoms with Crippen molar-refractivity contribution < 1.29 is 14.6 Å². The summed E-state index contributed by atoms with van der Waals surface area (Å²) in [5.74, 6) is -0.360. The van der Waals surface area contributed by atoms with Crippen LogP contribution in [0.1, 0.15) is 28.8 Å². The lowest BCUT2D eigenvalue weighted by Crippen LogP contribution is -2.45. The predicted molar refractivity (Wildman–Crippen MR) is 139 cm³/mol. The van der Waals surface area contributed by atoms with Crippen molar-refractivity contribution in [1.29, 1.82) is 0 Å². The first-order chi connectivity index (χ1) is 17.7. The first-order valence-electron chi connectivity index (χ1n) is 11.7. The van der Waals surface area contributed by atoms with Crippen molar-refractivity contribution in [2.24, 2.45) is 5.41 Å². The van der Waals surface area contributed by atoms with Gasteiger partial charge < -0.3 is 15.2 Å². The molecule has 0 bridgehead atoms. The number of carboxylic acid groups (broad SMARTS) is 1. The van der Waals surface area contributed by atoms with Crippen molar-refractivity contribution in [3.8, 4) is 10.9 Å². The molecule has 2 heterocycles. The summed E-state index contributed by atoms with van der Waals surface area (Å²) in [7, 11) is 0. The Bertz CT molecular complexity index is 1570. The molecule has 2 N–H and O–H groups in total. The standard InChI is InChI=1S/C26H25N5O5S/c1-16-3-5-18(6-4-16)14-30-22(29-23(34)31(25(30)35)15-26(11-12-26)21(32)33)28-19-7-9-20(10-8-19)36-24-27-13-17(2)37-24/h3-10,13H,11-12,14-15H2,1-2H3,(H,32,33)(H,28,29,34). The molecule has 0 spiro atoms. The molecule has 2 aromatic carbocycles. The van der Waals surface area contributed by atoms with Crippen LogP contribution in [0.2, 0.25) is 0 Å². The average Bonchev–Trinajstić information content (AvgIpc) is 3.56. The van der Waals surface area contributed by atoms with Gasteiger partial charge in [-0.05, 0) is 56.5 Å². The van der Waals surface area contributed by atoms with Gasteiger partial charge in [0.2, 0.25) is 5.95 Å². The van der Waals surface area contributed by atoms with Crippen LogP contribution in [0.5, 0.6) is 10.9 Å². The highest BCUT2D eigenvalue weighted by atomic mass is 32.1. The third-order valence-electron chi connectivity index (χ3n) is 6.29. The second-order valence-corrected chi connectivity index (χ2v) is 10.4. The van der Waals surface area contributed by atoms with Crippen LogP contribution in [-0.2, 0) is 17.9 Å². The summed E-state index contributed by atoms with van der Waals surface area (Å²) in [5, 5.41) is 13.2. The quantitative estimate of drug-likeness (QED) is 0.340. The summed E-state index contributed by atoms with van der Waals surface area (Å²) in [6, 6.07) is 14.6. The monoisotopic (exact) mass is 519 g/mol. The number of thiazole rings is 1. The largest absolute Gasteiger partial charge is 0.481 e. The van der Waals surface area contributed by atoms with Crippen LogP contribution in [0.3, 0.4) is 0 Å². The van der Waals surface area contributed by atoms with E-state index in [0.717, 1.165) is 20.6 Å². The van der Waals surface area contributed by atoms with Gasteiger partial charge in [-0.2, -0.15) is 4.98 Å². The summed E-state index contributed by atoms with van der Waals surface area (Å²) in [6.45, 7) is 3.86. The van der Waals surface area contributed by atoms with Gasteiger partial charge in [-0.15, -0.1) is 0 Å². The minimum atomic E-state index is -1.09. The molecular weight excluding hydrogens is 494 g/mol. The fraction of sp³-hybridized carbons (Fsp3) is 0.269. The van der Waals surface area contributed by atoms with E-state index in [4.69, 9.17) is 4.74 Å². The van der Waals surface area contributed by atoms with E-state index in [9.17, 15) is 19.5 Å². The molecule has 0 aliphatic heterocycles. The highest BCUT2D eigenvalue weighted by molar-refractivity contribution is 7.13. The number of aliphatic carboxylic acids is 1. The molecule has 37 heavy (non-hydrogen) atoms. The smallest absolute Gasteiger partial charge is 0.354 e. The lowest BCUT2D eigenvalue weighted by Gasteiger charge is -2.17. The normalized spacial score (nSPS) is 13.8. The number of ether oxygens (including phenoxy) is 1. The molecule has 0 unspecified atom stereocenters. The number of nitrogens with one attached hydrogen (secondary N) is 1.